The normalized spacial score (nSPS) is 12.4. The zero-order chi connectivity index (χ0) is 20.9. The van der Waals surface area contributed by atoms with E-state index in [9.17, 15) is 18.0 Å². The van der Waals surface area contributed by atoms with E-state index in [1.807, 2.05) is 30.3 Å². The average Bonchev–Trinajstić information content (AvgIpc) is 2.98. The van der Waals surface area contributed by atoms with Gasteiger partial charge in [0.15, 0.2) is 12.4 Å². The molecule has 0 spiro atoms. The topological polar surface area (TPSA) is 119 Å². The van der Waals surface area contributed by atoms with Gasteiger partial charge in [0.25, 0.3) is 5.91 Å². The minimum Gasteiger partial charge on any atom is -0.454 e. The zero-order valence-corrected chi connectivity index (χ0v) is 16.9. The first-order valence-corrected chi connectivity index (χ1v) is 10.00. The fraction of sp³-hybridized carbons (Fsp3) is 0.389. The second kappa shape index (κ2) is 8.98. The van der Waals surface area contributed by atoms with Crippen LogP contribution < -0.4 is 4.72 Å². The van der Waals surface area contributed by atoms with Crippen molar-refractivity contribution in [3.8, 4) is 0 Å². The second-order valence-corrected chi connectivity index (χ2v) is 7.99. The molecule has 1 amide bonds. The number of carbonyl (C=O) groups is 2. The van der Waals surface area contributed by atoms with Crippen LogP contribution in [-0.2, 0) is 30.9 Å². The molecular formula is C18H23N3O6S. The van der Waals surface area contributed by atoms with Gasteiger partial charge in [-0.3, -0.25) is 9.59 Å². The lowest BCUT2D eigenvalue weighted by molar-refractivity contribution is -0.152. The van der Waals surface area contributed by atoms with Crippen molar-refractivity contribution in [3.63, 3.8) is 0 Å². The maximum atomic E-state index is 12.4. The van der Waals surface area contributed by atoms with Crippen molar-refractivity contribution < 1.29 is 27.3 Å². The van der Waals surface area contributed by atoms with Gasteiger partial charge in [0.2, 0.25) is 10.0 Å². The van der Waals surface area contributed by atoms with Crippen LogP contribution in [0.5, 0.6) is 0 Å². The van der Waals surface area contributed by atoms with Gasteiger partial charge in [-0.15, -0.1) is 0 Å². The van der Waals surface area contributed by atoms with Gasteiger partial charge in [-0.1, -0.05) is 35.5 Å². The Morgan fingerprint density at radius 3 is 2.46 bits per heavy atom. The van der Waals surface area contributed by atoms with Crippen LogP contribution in [0, 0.1) is 13.8 Å². The maximum Gasteiger partial charge on any atom is 0.324 e. The molecule has 2 rings (SSSR count). The predicted molar refractivity (Wildman–Crippen MR) is 99.6 cm³/mol. The van der Waals surface area contributed by atoms with Crippen molar-refractivity contribution in [1.29, 1.82) is 0 Å². The largest absolute Gasteiger partial charge is 0.454 e. The fourth-order valence-electron chi connectivity index (χ4n) is 2.51. The molecule has 1 atom stereocenters. The van der Waals surface area contributed by atoms with Gasteiger partial charge < -0.3 is 14.2 Å². The van der Waals surface area contributed by atoms with Crippen LogP contribution in [0.3, 0.4) is 0 Å². The van der Waals surface area contributed by atoms with Crippen LogP contribution in [0.2, 0.25) is 0 Å². The first kappa shape index (κ1) is 21.6. The molecular weight excluding hydrogens is 386 g/mol. The van der Waals surface area contributed by atoms with Crippen molar-refractivity contribution in [2.24, 2.45) is 0 Å². The summed E-state index contributed by atoms with van der Waals surface area (Å²) in [5.41, 5.74) is 1.12. The molecule has 1 N–H and O–H groups in total. The summed E-state index contributed by atoms with van der Waals surface area (Å²) in [6.07, 6.45) is 0. The first-order valence-electron chi connectivity index (χ1n) is 8.51. The highest BCUT2D eigenvalue weighted by Gasteiger charge is 2.29. The minimum absolute atomic E-state index is 0.114. The van der Waals surface area contributed by atoms with Crippen molar-refractivity contribution in [1.82, 2.24) is 14.8 Å². The maximum absolute atomic E-state index is 12.4. The van der Waals surface area contributed by atoms with E-state index in [-0.39, 0.29) is 16.3 Å². The van der Waals surface area contributed by atoms with Gasteiger partial charge in [0.1, 0.15) is 16.6 Å². The number of nitrogens with one attached hydrogen (secondary N) is 1. The van der Waals surface area contributed by atoms with Crippen LogP contribution in [0.1, 0.15) is 23.9 Å². The number of amides is 1. The number of ether oxygens (including phenoxy) is 1. The molecule has 152 valence electrons. The lowest BCUT2D eigenvalue weighted by Crippen LogP contribution is -2.41. The standard InChI is InChI=1S/C18H23N3O6S/c1-12-17(14(3)27-19-12)28(24,25)20-13(2)18(23)26-11-16(22)21(4)10-15-8-6-5-7-9-15/h5-9,13,20H,10-11H2,1-4H3/t13-/m0/s1. The molecule has 0 aliphatic heterocycles. The molecule has 0 bridgehead atoms. The number of hydrogen-bond acceptors (Lipinski definition) is 7. The molecule has 0 unspecified atom stereocenters. The van der Waals surface area contributed by atoms with Gasteiger partial charge in [-0.25, -0.2) is 8.42 Å². The third-order valence-electron chi connectivity index (χ3n) is 3.95. The number of benzene rings is 1. The predicted octanol–water partition coefficient (Wildman–Crippen LogP) is 1.16. The quantitative estimate of drug-likeness (QED) is 0.650. The molecule has 28 heavy (non-hydrogen) atoms. The van der Waals surface area contributed by atoms with E-state index in [4.69, 9.17) is 9.26 Å². The average molecular weight is 409 g/mol. The summed E-state index contributed by atoms with van der Waals surface area (Å²) in [4.78, 5) is 25.5. The van der Waals surface area contributed by atoms with Gasteiger partial charge in [-0.2, -0.15) is 4.72 Å². The molecule has 1 heterocycles. The van der Waals surface area contributed by atoms with Crippen LogP contribution in [0.4, 0.5) is 0 Å². The van der Waals surface area contributed by atoms with Gasteiger partial charge in [0.05, 0.1) is 0 Å². The molecule has 9 nitrogen and oxygen atoms in total. The monoisotopic (exact) mass is 409 g/mol. The van der Waals surface area contributed by atoms with Gasteiger partial charge >= 0.3 is 5.97 Å². The summed E-state index contributed by atoms with van der Waals surface area (Å²) >= 11 is 0. The molecule has 1 aromatic heterocycles. The lowest BCUT2D eigenvalue weighted by atomic mass is 10.2. The summed E-state index contributed by atoms with van der Waals surface area (Å²) in [5.74, 6) is -1.15. The van der Waals surface area contributed by atoms with Crippen LogP contribution >= 0.6 is 0 Å². The van der Waals surface area contributed by atoms with E-state index in [2.05, 4.69) is 9.88 Å². The summed E-state index contributed by atoms with van der Waals surface area (Å²) in [6, 6.07) is 8.16. The number of aryl methyl sites for hydroxylation is 2. The Morgan fingerprint density at radius 2 is 1.89 bits per heavy atom. The van der Waals surface area contributed by atoms with E-state index < -0.39 is 34.5 Å². The highest BCUT2D eigenvalue weighted by molar-refractivity contribution is 7.89. The Bertz CT molecular complexity index is 920. The molecule has 0 saturated carbocycles. The van der Waals surface area contributed by atoms with E-state index >= 15 is 0 Å². The molecule has 10 heteroatoms. The summed E-state index contributed by atoms with van der Waals surface area (Å²) in [7, 11) is -2.43. The van der Waals surface area contributed by atoms with Crippen LogP contribution in [-0.4, -0.2) is 50.0 Å². The Hall–Kier alpha value is -2.72. The smallest absolute Gasteiger partial charge is 0.324 e. The molecule has 0 radical (unpaired) electrons. The Balaban J connectivity index is 1.89. The fourth-order valence-corrected chi connectivity index (χ4v) is 4.03. The molecule has 0 aliphatic carbocycles. The van der Waals surface area contributed by atoms with Crippen molar-refractivity contribution in [2.75, 3.05) is 13.7 Å². The van der Waals surface area contributed by atoms with Crippen LogP contribution in [0.25, 0.3) is 0 Å². The third-order valence-corrected chi connectivity index (χ3v) is 5.73. The summed E-state index contributed by atoms with van der Waals surface area (Å²) < 4.78 is 36.8. The number of likely N-dealkylation sites (N-methyl/N-ethyl adjacent to an activating group) is 1. The minimum atomic E-state index is -4.02. The third kappa shape index (κ3) is 5.40. The van der Waals surface area contributed by atoms with Gasteiger partial charge in [-0.05, 0) is 26.3 Å². The molecule has 0 fully saturated rings. The summed E-state index contributed by atoms with van der Waals surface area (Å²) in [6.45, 7) is 4.15. The number of rotatable bonds is 8. The van der Waals surface area contributed by atoms with E-state index in [0.29, 0.717) is 6.54 Å². The van der Waals surface area contributed by atoms with E-state index in [1.165, 1.54) is 25.7 Å². The van der Waals surface area contributed by atoms with Crippen molar-refractivity contribution >= 4 is 21.9 Å². The van der Waals surface area contributed by atoms with Crippen LogP contribution in [0.15, 0.2) is 39.8 Å². The van der Waals surface area contributed by atoms with Gasteiger partial charge in [0, 0.05) is 13.6 Å². The van der Waals surface area contributed by atoms with Crippen molar-refractivity contribution in [3.05, 3.63) is 47.3 Å². The Kier molecular flexibility index (Phi) is 6.92. The SMILES string of the molecule is Cc1noc(C)c1S(=O)(=O)N[C@@H](C)C(=O)OCC(=O)N(C)Cc1ccccc1. The summed E-state index contributed by atoms with van der Waals surface area (Å²) in [5, 5.41) is 3.59. The number of sulfonamides is 1. The highest BCUT2D eigenvalue weighted by atomic mass is 32.2. The highest BCUT2D eigenvalue weighted by Crippen LogP contribution is 2.19. The number of aromatic nitrogens is 1. The van der Waals surface area contributed by atoms with Crippen molar-refractivity contribution in [2.45, 2.75) is 38.3 Å². The molecule has 1 aromatic carbocycles. The second-order valence-electron chi connectivity index (χ2n) is 6.34. The number of hydrogen-bond donors (Lipinski definition) is 1. The number of carbonyl (C=O) groups excluding carboxylic acids is 2. The Labute approximate surface area is 163 Å². The van der Waals surface area contributed by atoms with E-state index in [1.54, 1.807) is 7.05 Å². The molecule has 2 aromatic rings. The van der Waals surface area contributed by atoms with E-state index in [0.717, 1.165) is 5.56 Å². The molecule has 0 saturated heterocycles. The molecule has 0 aliphatic rings. The zero-order valence-electron chi connectivity index (χ0n) is 16.1. The number of nitrogens with zero attached hydrogens (tertiary/aromatic N) is 2. The Morgan fingerprint density at radius 1 is 1.25 bits per heavy atom. The number of esters is 1. The first-order chi connectivity index (χ1) is 13.1. The lowest BCUT2D eigenvalue weighted by Gasteiger charge is -2.18.